The minimum atomic E-state index is -4.16. The third-order valence-corrected chi connectivity index (χ3v) is 3.90. The van der Waals surface area contributed by atoms with E-state index in [0.29, 0.717) is 24.2 Å². The highest BCUT2D eigenvalue weighted by Crippen LogP contribution is 2.39. The minimum absolute atomic E-state index is 0.354. The summed E-state index contributed by atoms with van der Waals surface area (Å²) >= 11 is 0. The molecule has 0 aliphatic rings. The Morgan fingerprint density at radius 1 is 1.09 bits per heavy atom. The Bertz CT molecular complexity index is 679. The lowest BCUT2D eigenvalue weighted by Crippen LogP contribution is -1.97. The lowest BCUT2D eigenvalue weighted by atomic mass is 10.0. The van der Waals surface area contributed by atoms with E-state index in [2.05, 4.69) is 0 Å². The number of hydrogen-bond donors (Lipinski definition) is 2. The van der Waals surface area contributed by atoms with E-state index >= 15 is 0 Å². The van der Waals surface area contributed by atoms with Gasteiger partial charge in [-0.1, -0.05) is 24.3 Å². The van der Waals surface area contributed by atoms with Crippen LogP contribution in [0, 0.1) is 5.82 Å². The predicted molar refractivity (Wildman–Crippen MR) is 82.6 cm³/mol. The highest BCUT2D eigenvalue weighted by molar-refractivity contribution is 7.50. The van der Waals surface area contributed by atoms with Crippen molar-refractivity contribution >= 4 is 7.60 Å². The van der Waals surface area contributed by atoms with Crippen molar-refractivity contribution in [3.8, 4) is 5.75 Å². The van der Waals surface area contributed by atoms with Crippen LogP contribution in [0.2, 0.25) is 0 Å². The van der Waals surface area contributed by atoms with Crippen molar-refractivity contribution in [2.24, 2.45) is 0 Å². The first-order valence-electron chi connectivity index (χ1n) is 6.91. The molecule has 4 nitrogen and oxygen atoms in total. The smallest absolute Gasteiger partial charge is 0.329 e. The SMILES string of the molecule is CCOc1ccc(Cc2cc(CP(=O)(O)O)ccc2F)cc1. The van der Waals surface area contributed by atoms with Crippen LogP contribution in [0.5, 0.6) is 5.75 Å². The number of halogens is 1. The summed E-state index contributed by atoms with van der Waals surface area (Å²) in [5, 5.41) is 0. The number of hydrogen-bond acceptors (Lipinski definition) is 2. The molecule has 118 valence electrons. The highest BCUT2D eigenvalue weighted by atomic mass is 31.2. The van der Waals surface area contributed by atoms with Crippen molar-refractivity contribution in [2.75, 3.05) is 6.61 Å². The van der Waals surface area contributed by atoms with Gasteiger partial charge in [0.25, 0.3) is 0 Å². The minimum Gasteiger partial charge on any atom is -0.494 e. The van der Waals surface area contributed by atoms with Crippen molar-refractivity contribution in [3.05, 3.63) is 65.0 Å². The third kappa shape index (κ3) is 4.95. The zero-order chi connectivity index (χ0) is 16.2. The fourth-order valence-electron chi connectivity index (χ4n) is 2.19. The number of benzene rings is 2. The van der Waals surface area contributed by atoms with Gasteiger partial charge in [0.2, 0.25) is 0 Å². The lowest BCUT2D eigenvalue weighted by Gasteiger charge is -2.09. The molecule has 2 aromatic rings. The second-order valence-corrected chi connectivity index (χ2v) is 6.65. The maximum atomic E-state index is 13.9. The van der Waals surface area contributed by atoms with Gasteiger partial charge in [0.15, 0.2) is 0 Å². The molecule has 0 aromatic heterocycles. The Balaban J connectivity index is 2.17. The summed E-state index contributed by atoms with van der Waals surface area (Å²) in [7, 11) is -4.16. The van der Waals surface area contributed by atoms with Gasteiger partial charge in [-0.3, -0.25) is 4.57 Å². The molecule has 0 unspecified atom stereocenters. The Labute approximate surface area is 128 Å². The van der Waals surface area contributed by atoms with Crippen LogP contribution in [0.4, 0.5) is 4.39 Å². The van der Waals surface area contributed by atoms with Gasteiger partial charge in [0.1, 0.15) is 11.6 Å². The quantitative estimate of drug-likeness (QED) is 0.798. The van der Waals surface area contributed by atoms with Crippen molar-refractivity contribution in [2.45, 2.75) is 19.5 Å². The molecule has 0 amide bonds. The van der Waals surface area contributed by atoms with Gasteiger partial charge in [-0.2, -0.15) is 0 Å². The van der Waals surface area contributed by atoms with Gasteiger partial charge in [0.05, 0.1) is 12.8 Å². The Morgan fingerprint density at radius 3 is 2.32 bits per heavy atom. The molecule has 0 atom stereocenters. The molecule has 2 aromatic carbocycles. The van der Waals surface area contributed by atoms with Crippen LogP contribution < -0.4 is 4.74 Å². The highest BCUT2D eigenvalue weighted by Gasteiger charge is 2.15. The fraction of sp³-hybridized carbons (Fsp3) is 0.250. The Kier molecular flexibility index (Phi) is 5.35. The van der Waals surface area contributed by atoms with Crippen molar-refractivity contribution in [1.29, 1.82) is 0 Å². The lowest BCUT2D eigenvalue weighted by molar-refractivity contribution is 0.340. The van der Waals surface area contributed by atoms with E-state index in [-0.39, 0.29) is 12.0 Å². The zero-order valence-electron chi connectivity index (χ0n) is 12.2. The van der Waals surface area contributed by atoms with E-state index in [1.54, 1.807) is 0 Å². The molecule has 2 N–H and O–H groups in total. The van der Waals surface area contributed by atoms with Gasteiger partial charge < -0.3 is 14.5 Å². The molecular formula is C16H18FO4P. The van der Waals surface area contributed by atoms with E-state index in [1.807, 2.05) is 31.2 Å². The Hall–Kier alpha value is -1.68. The second kappa shape index (κ2) is 7.05. The Morgan fingerprint density at radius 2 is 1.73 bits per heavy atom. The molecule has 0 saturated heterocycles. The van der Waals surface area contributed by atoms with Crippen LogP contribution in [0.15, 0.2) is 42.5 Å². The predicted octanol–water partition coefficient (Wildman–Crippen LogP) is 3.49. The van der Waals surface area contributed by atoms with Crippen LogP contribution in [-0.4, -0.2) is 16.4 Å². The largest absolute Gasteiger partial charge is 0.494 e. The van der Waals surface area contributed by atoms with Crippen molar-refractivity contribution in [3.63, 3.8) is 0 Å². The van der Waals surface area contributed by atoms with Crippen molar-refractivity contribution in [1.82, 2.24) is 0 Å². The van der Waals surface area contributed by atoms with Crippen LogP contribution in [0.1, 0.15) is 23.6 Å². The summed E-state index contributed by atoms with van der Waals surface area (Å²) < 4.78 is 30.3. The molecule has 0 fully saturated rings. The standard InChI is InChI=1S/C16H18FO4P/c1-2-21-15-6-3-12(4-7-15)9-14-10-13(5-8-16(14)17)11-22(18,19)20/h3-8,10H,2,9,11H2,1H3,(H2,18,19,20). The van der Waals surface area contributed by atoms with Crippen molar-refractivity contribution < 1.29 is 23.5 Å². The first-order chi connectivity index (χ1) is 10.4. The van der Waals surface area contributed by atoms with E-state index < -0.39 is 7.60 Å². The van der Waals surface area contributed by atoms with Crippen LogP contribution >= 0.6 is 7.60 Å². The van der Waals surface area contributed by atoms with E-state index in [9.17, 15) is 8.96 Å². The molecular weight excluding hydrogens is 306 g/mol. The fourth-order valence-corrected chi connectivity index (χ4v) is 2.86. The van der Waals surface area contributed by atoms with E-state index in [1.165, 1.54) is 18.2 Å². The summed E-state index contributed by atoms with van der Waals surface area (Å²) in [5.74, 6) is 0.366. The van der Waals surface area contributed by atoms with Crippen LogP contribution in [0.25, 0.3) is 0 Å². The van der Waals surface area contributed by atoms with Gasteiger partial charge in [-0.15, -0.1) is 0 Å². The summed E-state index contributed by atoms with van der Waals surface area (Å²) in [5.41, 5.74) is 1.74. The summed E-state index contributed by atoms with van der Waals surface area (Å²) in [6.45, 7) is 2.48. The normalized spacial score (nSPS) is 11.5. The van der Waals surface area contributed by atoms with E-state index in [0.717, 1.165) is 11.3 Å². The average Bonchev–Trinajstić information content (AvgIpc) is 2.43. The maximum absolute atomic E-state index is 13.9. The molecule has 0 heterocycles. The first-order valence-corrected chi connectivity index (χ1v) is 8.71. The average molecular weight is 324 g/mol. The zero-order valence-corrected chi connectivity index (χ0v) is 13.1. The topological polar surface area (TPSA) is 66.8 Å². The molecule has 6 heteroatoms. The van der Waals surface area contributed by atoms with Gasteiger partial charge in [0, 0.05) is 6.42 Å². The number of ether oxygens (including phenoxy) is 1. The van der Waals surface area contributed by atoms with Crippen LogP contribution in [-0.2, 0) is 17.1 Å². The summed E-state index contributed by atoms with van der Waals surface area (Å²) in [4.78, 5) is 18.0. The summed E-state index contributed by atoms with van der Waals surface area (Å²) in [6.07, 6.45) is -0.0310. The molecule has 0 bridgehead atoms. The molecule has 0 aliphatic carbocycles. The molecule has 2 rings (SSSR count). The molecule has 22 heavy (non-hydrogen) atoms. The van der Waals surface area contributed by atoms with Gasteiger partial charge >= 0.3 is 7.60 Å². The summed E-state index contributed by atoms with van der Waals surface area (Å²) in [6, 6.07) is 11.5. The van der Waals surface area contributed by atoms with Gasteiger partial charge in [-0.25, -0.2) is 4.39 Å². The molecule has 0 aliphatic heterocycles. The maximum Gasteiger partial charge on any atom is 0.329 e. The number of rotatable bonds is 6. The molecule has 0 radical (unpaired) electrons. The second-order valence-electron chi connectivity index (χ2n) is 5.00. The van der Waals surface area contributed by atoms with Crippen LogP contribution in [0.3, 0.4) is 0 Å². The van der Waals surface area contributed by atoms with Gasteiger partial charge in [-0.05, 0) is 41.8 Å². The first kappa shape index (κ1) is 16.7. The van der Waals surface area contributed by atoms with E-state index in [4.69, 9.17) is 14.5 Å². The molecule has 0 saturated carbocycles. The molecule has 0 spiro atoms. The monoisotopic (exact) mass is 324 g/mol. The third-order valence-electron chi connectivity index (χ3n) is 3.13.